The summed E-state index contributed by atoms with van der Waals surface area (Å²) in [5.41, 5.74) is 2.07. The molecule has 134 valence electrons. The fourth-order valence-corrected chi connectivity index (χ4v) is 2.48. The molecule has 2 aromatic carbocycles. The highest BCUT2D eigenvalue weighted by molar-refractivity contribution is 5.89. The van der Waals surface area contributed by atoms with Crippen molar-refractivity contribution in [1.82, 2.24) is 10.3 Å². The van der Waals surface area contributed by atoms with Crippen molar-refractivity contribution in [3.63, 3.8) is 0 Å². The van der Waals surface area contributed by atoms with Crippen molar-refractivity contribution in [3.05, 3.63) is 84.2 Å². The highest BCUT2D eigenvalue weighted by atomic mass is 16.5. The summed E-state index contributed by atoms with van der Waals surface area (Å²) in [6, 6.07) is 19.3. The molecule has 1 heterocycles. The molecule has 0 aliphatic carbocycles. The number of nitrogens with zero attached hydrogens (tertiary/aromatic N) is 2. The quantitative estimate of drug-likeness (QED) is 0.696. The number of para-hydroxylation sites is 1. The molecule has 0 aliphatic rings. The zero-order valence-electron chi connectivity index (χ0n) is 14.7. The summed E-state index contributed by atoms with van der Waals surface area (Å²) >= 11 is 0. The summed E-state index contributed by atoms with van der Waals surface area (Å²) in [5, 5.41) is 14.8. The lowest BCUT2D eigenvalue weighted by molar-refractivity contribution is 0.249. The molecule has 3 rings (SSSR count). The molecule has 0 aliphatic heterocycles. The van der Waals surface area contributed by atoms with E-state index in [9.17, 15) is 4.79 Å². The van der Waals surface area contributed by atoms with Crippen molar-refractivity contribution >= 4 is 11.7 Å². The van der Waals surface area contributed by atoms with Gasteiger partial charge >= 0.3 is 6.03 Å². The number of ether oxygens (including phenoxy) is 1. The molecule has 27 heavy (non-hydrogen) atoms. The third-order valence-corrected chi connectivity index (χ3v) is 3.90. The summed E-state index contributed by atoms with van der Waals surface area (Å²) in [5.74, 6) is 1.07. The molecule has 0 saturated heterocycles. The van der Waals surface area contributed by atoms with E-state index in [4.69, 9.17) is 10.00 Å². The molecular formula is C21H18N4O2. The van der Waals surface area contributed by atoms with E-state index < -0.39 is 0 Å². The number of pyridine rings is 1. The third-order valence-electron chi connectivity index (χ3n) is 3.90. The predicted octanol–water partition coefficient (Wildman–Crippen LogP) is 4.63. The second-order valence-electron chi connectivity index (χ2n) is 5.84. The van der Waals surface area contributed by atoms with Crippen molar-refractivity contribution in [2.45, 2.75) is 13.0 Å². The van der Waals surface area contributed by atoms with Gasteiger partial charge in [-0.2, -0.15) is 5.26 Å². The van der Waals surface area contributed by atoms with Crippen LogP contribution in [-0.2, 0) is 0 Å². The highest BCUT2D eigenvalue weighted by Gasteiger charge is 2.09. The first kappa shape index (κ1) is 18.0. The summed E-state index contributed by atoms with van der Waals surface area (Å²) in [6.07, 6.45) is 3.38. The van der Waals surface area contributed by atoms with E-state index in [0.717, 1.165) is 5.56 Å². The van der Waals surface area contributed by atoms with Crippen LogP contribution in [0.3, 0.4) is 0 Å². The van der Waals surface area contributed by atoms with Gasteiger partial charge in [0.05, 0.1) is 11.6 Å². The van der Waals surface area contributed by atoms with Crippen LogP contribution in [-0.4, -0.2) is 11.0 Å². The minimum atomic E-state index is -0.303. The van der Waals surface area contributed by atoms with Crippen molar-refractivity contribution in [2.75, 3.05) is 5.32 Å². The van der Waals surface area contributed by atoms with E-state index in [0.29, 0.717) is 22.7 Å². The highest BCUT2D eigenvalue weighted by Crippen LogP contribution is 2.25. The standard InChI is InChI=1S/C21H18N4O2/c1-15(16-10-12-23-13-11-16)24-21(26)25-18-6-8-19(9-7-18)27-20-5-3-2-4-17(20)14-22/h2-13,15H,1H3,(H2,24,25,26). The second kappa shape index (κ2) is 8.50. The topological polar surface area (TPSA) is 87.0 Å². The molecule has 1 aromatic heterocycles. The van der Waals surface area contributed by atoms with Gasteiger partial charge in [0.25, 0.3) is 0 Å². The maximum Gasteiger partial charge on any atom is 0.319 e. The molecule has 0 saturated carbocycles. The van der Waals surface area contributed by atoms with Gasteiger partial charge in [-0.3, -0.25) is 4.98 Å². The Morgan fingerprint density at radius 2 is 1.78 bits per heavy atom. The maximum atomic E-state index is 12.2. The van der Waals surface area contributed by atoms with Crippen LogP contribution in [0.1, 0.15) is 24.1 Å². The molecule has 2 N–H and O–H groups in total. The summed E-state index contributed by atoms with van der Waals surface area (Å²) < 4.78 is 5.73. The maximum absolute atomic E-state index is 12.2. The van der Waals surface area contributed by atoms with Crippen LogP contribution in [0.5, 0.6) is 11.5 Å². The van der Waals surface area contributed by atoms with Gasteiger partial charge in [0.1, 0.15) is 17.6 Å². The normalized spacial score (nSPS) is 11.1. The van der Waals surface area contributed by atoms with Crippen LogP contribution < -0.4 is 15.4 Å². The zero-order valence-corrected chi connectivity index (χ0v) is 14.7. The fourth-order valence-electron chi connectivity index (χ4n) is 2.48. The number of carbonyl (C=O) groups is 1. The number of anilines is 1. The lowest BCUT2D eigenvalue weighted by Crippen LogP contribution is -2.31. The van der Waals surface area contributed by atoms with Gasteiger partial charge in [-0.15, -0.1) is 0 Å². The Hall–Kier alpha value is -3.85. The Balaban J connectivity index is 1.59. The number of carbonyl (C=O) groups excluding carboxylic acids is 1. The summed E-state index contributed by atoms with van der Waals surface area (Å²) in [7, 11) is 0. The number of amides is 2. The Morgan fingerprint density at radius 3 is 2.48 bits per heavy atom. The van der Waals surface area contributed by atoms with Gasteiger partial charge in [-0.1, -0.05) is 12.1 Å². The Morgan fingerprint density at radius 1 is 1.07 bits per heavy atom. The number of nitriles is 1. The Kier molecular flexibility index (Phi) is 5.65. The van der Waals surface area contributed by atoms with Crippen LogP contribution in [0.25, 0.3) is 0 Å². The molecule has 6 nitrogen and oxygen atoms in total. The van der Waals surface area contributed by atoms with E-state index in [1.54, 1.807) is 60.9 Å². The number of hydrogen-bond donors (Lipinski definition) is 2. The lowest BCUT2D eigenvalue weighted by atomic mass is 10.1. The molecule has 1 atom stereocenters. The Labute approximate surface area is 157 Å². The number of nitrogens with one attached hydrogen (secondary N) is 2. The molecule has 0 radical (unpaired) electrons. The summed E-state index contributed by atoms with van der Waals surface area (Å²) in [6.45, 7) is 1.90. The number of benzene rings is 2. The molecular weight excluding hydrogens is 340 g/mol. The molecule has 1 unspecified atom stereocenters. The average molecular weight is 358 g/mol. The Bertz CT molecular complexity index is 950. The molecule has 2 amide bonds. The van der Waals surface area contributed by atoms with E-state index in [1.165, 1.54) is 0 Å². The van der Waals surface area contributed by atoms with Gasteiger partial charge in [-0.25, -0.2) is 4.79 Å². The van der Waals surface area contributed by atoms with E-state index in [1.807, 2.05) is 19.1 Å². The number of aromatic nitrogens is 1. The minimum Gasteiger partial charge on any atom is -0.456 e. The summed E-state index contributed by atoms with van der Waals surface area (Å²) in [4.78, 5) is 16.1. The fraction of sp³-hybridized carbons (Fsp3) is 0.0952. The number of urea groups is 1. The molecule has 3 aromatic rings. The third kappa shape index (κ3) is 4.83. The number of rotatable bonds is 5. The van der Waals surface area contributed by atoms with Crippen molar-refractivity contribution in [3.8, 4) is 17.6 Å². The van der Waals surface area contributed by atoms with Gasteiger partial charge in [-0.05, 0) is 61.0 Å². The first-order chi connectivity index (χ1) is 13.2. The van der Waals surface area contributed by atoms with Crippen LogP contribution in [0.4, 0.5) is 10.5 Å². The first-order valence-corrected chi connectivity index (χ1v) is 8.40. The van der Waals surface area contributed by atoms with Crippen LogP contribution >= 0.6 is 0 Å². The predicted molar refractivity (Wildman–Crippen MR) is 102 cm³/mol. The minimum absolute atomic E-state index is 0.141. The van der Waals surface area contributed by atoms with E-state index in [-0.39, 0.29) is 12.1 Å². The second-order valence-corrected chi connectivity index (χ2v) is 5.84. The van der Waals surface area contributed by atoms with Gasteiger partial charge in [0, 0.05) is 18.1 Å². The zero-order chi connectivity index (χ0) is 19.1. The largest absolute Gasteiger partial charge is 0.456 e. The first-order valence-electron chi connectivity index (χ1n) is 8.40. The van der Waals surface area contributed by atoms with Crippen LogP contribution in [0.2, 0.25) is 0 Å². The lowest BCUT2D eigenvalue weighted by Gasteiger charge is -2.15. The van der Waals surface area contributed by atoms with Crippen molar-refractivity contribution in [2.24, 2.45) is 0 Å². The van der Waals surface area contributed by atoms with Gasteiger partial charge in [0.2, 0.25) is 0 Å². The van der Waals surface area contributed by atoms with Gasteiger partial charge in [0.15, 0.2) is 0 Å². The number of hydrogen-bond acceptors (Lipinski definition) is 4. The van der Waals surface area contributed by atoms with E-state index in [2.05, 4.69) is 21.7 Å². The van der Waals surface area contributed by atoms with Gasteiger partial charge < -0.3 is 15.4 Å². The molecule has 6 heteroatoms. The molecule has 0 spiro atoms. The smallest absolute Gasteiger partial charge is 0.319 e. The van der Waals surface area contributed by atoms with Crippen LogP contribution in [0, 0.1) is 11.3 Å². The monoisotopic (exact) mass is 358 g/mol. The molecule has 0 fully saturated rings. The van der Waals surface area contributed by atoms with E-state index >= 15 is 0 Å². The van der Waals surface area contributed by atoms with Crippen LogP contribution in [0.15, 0.2) is 73.1 Å². The molecule has 0 bridgehead atoms. The average Bonchev–Trinajstić information content (AvgIpc) is 2.70. The van der Waals surface area contributed by atoms with Crippen molar-refractivity contribution < 1.29 is 9.53 Å². The van der Waals surface area contributed by atoms with Crippen molar-refractivity contribution in [1.29, 1.82) is 5.26 Å². The SMILES string of the molecule is CC(NC(=O)Nc1ccc(Oc2ccccc2C#N)cc1)c1ccncc1.